The number of benzene rings is 1. The predicted molar refractivity (Wildman–Crippen MR) is 122 cm³/mol. The molecule has 0 aliphatic carbocycles. The van der Waals surface area contributed by atoms with Gasteiger partial charge in [0.25, 0.3) is 5.91 Å². The van der Waals surface area contributed by atoms with Crippen molar-refractivity contribution >= 4 is 39.6 Å². The molecule has 1 aromatic carbocycles. The minimum atomic E-state index is -1.46. The number of carbonyl (C=O) groups is 4. The molecule has 31 heavy (non-hydrogen) atoms. The van der Waals surface area contributed by atoms with Gasteiger partial charge in [-0.15, -0.1) is 0 Å². The van der Waals surface area contributed by atoms with E-state index in [0.717, 1.165) is 4.47 Å². The molecule has 1 aromatic rings. The minimum absolute atomic E-state index is 0.178. The molecule has 3 amide bonds. The summed E-state index contributed by atoms with van der Waals surface area (Å²) in [7, 11) is 0. The molecule has 0 unspecified atom stereocenters. The monoisotopic (exact) mass is 497 g/mol. The average molecular weight is 498 g/mol. The number of carboxylic acid groups (broad SMARTS) is 1. The predicted octanol–water partition coefficient (Wildman–Crippen LogP) is 3.00. The van der Waals surface area contributed by atoms with Gasteiger partial charge in [0.15, 0.2) is 0 Å². The fourth-order valence-electron chi connectivity index (χ4n) is 2.61. The van der Waals surface area contributed by atoms with Gasteiger partial charge in [-0.25, -0.2) is 4.79 Å². The van der Waals surface area contributed by atoms with Gasteiger partial charge in [-0.1, -0.05) is 36.7 Å². The molecule has 0 saturated carbocycles. The molecule has 0 aliphatic rings. The van der Waals surface area contributed by atoms with Crippen LogP contribution in [0.25, 0.3) is 0 Å². The van der Waals surface area contributed by atoms with E-state index in [1.54, 1.807) is 52.0 Å². The summed E-state index contributed by atoms with van der Waals surface area (Å²) in [5.41, 5.74) is -3.70. The second kappa shape index (κ2) is 10.3. The molecule has 4 N–H and O–H groups in total. The van der Waals surface area contributed by atoms with Crippen LogP contribution in [0.3, 0.4) is 0 Å². The molecule has 3 atom stereocenters. The van der Waals surface area contributed by atoms with Crippen LogP contribution in [-0.2, 0) is 14.4 Å². The Labute approximate surface area is 191 Å². The SMILES string of the molecule is CC[C@@](C)(NC(=O)[C@](C)(CC)NC(=O)[C@@](C)(CC)NC(=O)c1ccc(Br)cc1)C(=O)O. The third-order valence-electron chi connectivity index (χ3n) is 5.87. The molecule has 8 nitrogen and oxygen atoms in total. The minimum Gasteiger partial charge on any atom is -0.480 e. The normalized spacial score (nSPS) is 16.7. The topological polar surface area (TPSA) is 125 Å². The van der Waals surface area contributed by atoms with Gasteiger partial charge in [0.1, 0.15) is 16.6 Å². The maximum atomic E-state index is 13.1. The van der Waals surface area contributed by atoms with Crippen LogP contribution < -0.4 is 16.0 Å². The van der Waals surface area contributed by atoms with E-state index in [0.29, 0.717) is 5.56 Å². The highest BCUT2D eigenvalue weighted by Gasteiger charge is 2.43. The Kier molecular flexibility index (Phi) is 8.81. The molecule has 9 heteroatoms. The van der Waals surface area contributed by atoms with E-state index in [1.807, 2.05) is 0 Å². The first kappa shape index (κ1) is 26.6. The quantitative estimate of drug-likeness (QED) is 0.395. The average Bonchev–Trinajstić information content (AvgIpc) is 2.73. The molecule has 1 rings (SSSR count). The van der Waals surface area contributed by atoms with E-state index in [-0.39, 0.29) is 19.3 Å². The molecule has 172 valence electrons. The summed E-state index contributed by atoms with van der Waals surface area (Å²) in [5, 5.41) is 17.4. The van der Waals surface area contributed by atoms with Crippen LogP contribution in [0.5, 0.6) is 0 Å². The first-order valence-corrected chi connectivity index (χ1v) is 11.0. The van der Waals surface area contributed by atoms with Crippen LogP contribution in [0.4, 0.5) is 0 Å². The first-order valence-electron chi connectivity index (χ1n) is 10.2. The van der Waals surface area contributed by atoms with Crippen LogP contribution in [0.1, 0.15) is 71.2 Å². The van der Waals surface area contributed by atoms with Gasteiger partial charge in [0.2, 0.25) is 11.8 Å². The van der Waals surface area contributed by atoms with Gasteiger partial charge in [0.05, 0.1) is 0 Å². The van der Waals surface area contributed by atoms with Gasteiger partial charge >= 0.3 is 5.97 Å². The van der Waals surface area contributed by atoms with Gasteiger partial charge in [-0.2, -0.15) is 0 Å². The van der Waals surface area contributed by atoms with Crippen molar-refractivity contribution < 1.29 is 24.3 Å². The third-order valence-corrected chi connectivity index (χ3v) is 6.40. The van der Waals surface area contributed by atoms with Crippen molar-refractivity contribution in [3.8, 4) is 0 Å². The van der Waals surface area contributed by atoms with Crippen molar-refractivity contribution in [1.82, 2.24) is 16.0 Å². The van der Waals surface area contributed by atoms with E-state index < -0.39 is 40.3 Å². The lowest BCUT2D eigenvalue weighted by Crippen LogP contribution is -2.67. The highest BCUT2D eigenvalue weighted by molar-refractivity contribution is 9.10. The maximum absolute atomic E-state index is 13.1. The Morgan fingerprint density at radius 2 is 1.16 bits per heavy atom. The van der Waals surface area contributed by atoms with Crippen molar-refractivity contribution in [2.24, 2.45) is 0 Å². The summed E-state index contributed by atoms with van der Waals surface area (Å²) in [6.45, 7) is 9.66. The zero-order valence-corrected chi connectivity index (χ0v) is 20.5. The van der Waals surface area contributed by atoms with Gasteiger partial charge in [-0.05, 0) is 64.3 Å². The zero-order valence-electron chi connectivity index (χ0n) is 18.9. The Morgan fingerprint density at radius 1 is 0.774 bits per heavy atom. The first-order chi connectivity index (χ1) is 14.3. The molecule has 0 aliphatic heterocycles. The Bertz CT molecular complexity index is 844. The molecule has 0 radical (unpaired) electrons. The van der Waals surface area contributed by atoms with Crippen molar-refractivity contribution in [2.45, 2.75) is 77.4 Å². The number of carbonyl (C=O) groups excluding carboxylic acids is 3. The van der Waals surface area contributed by atoms with Crippen molar-refractivity contribution in [2.75, 3.05) is 0 Å². The van der Waals surface area contributed by atoms with Crippen molar-refractivity contribution in [3.63, 3.8) is 0 Å². The number of hydrogen-bond donors (Lipinski definition) is 4. The third kappa shape index (κ3) is 6.29. The lowest BCUT2D eigenvalue weighted by Gasteiger charge is -2.37. The number of halogens is 1. The standard InChI is InChI=1S/C22H32BrN3O5/c1-7-20(4,24-16(27)14-10-12-15(23)13-11-14)17(28)25-21(5,8-2)18(29)26-22(6,9-3)19(30)31/h10-13H,7-9H2,1-6H3,(H,24,27)(H,25,28)(H,26,29)(H,30,31)/t20-,21+,22-/m1/s1. The second-order valence-electron chi connectivity index (χ2n) is 8.23. The zero-order chi connectivity index (χ0) is 24.0. The van der Waals surface area contributed by atoms with Crippen LogP contribution in [0, 0.1) is 0 Å². The Balaban J connectivity index is 3.05. The van der Waals surface area contributed by atoms with Crippen LogP contribution in [-0.4, -0.2) is 45.4 Å². The Hall–Kier alpha value is -2.42. The molecule has 0 aromatic heterocycles. The van der Waals surface area contributed by atoms with Crippen molar-refractivity contribution in [3.05, 3.63) is 34.3 Å². The number of carboxylic acids is 1. The molecule has 0 bridgehead atoms. The van der Waals surface area contributed by atoms with E-state index in [4.69, 9.17) is 0 Å². The lowest BCUT2D eigenvalue weighted by molar-refractivity contribution is -0.148. The lowest BCUT2D eigenvalue weighted by atomic mass is 9.90. The molecular weight excluding hydrogens is 466 g/mol. The highest BCUT2D eigenvalue weighted by atomic mass is 79.9. The number of hydrogen-bond acceptors (Lipinski definition) is 4. The molecule has 0 fully saturated rings. The summed E-state index contributed by atoms with van der Waals surface area (Å²) in [4.78, 5) is 50.3. The fraction of sp³-hybridized carbons (Fsp3) is 0.545. The number of aliphatic carboxylic acids is 1. The summed E-state index contributed by atoms with van der Waals surface area (Å²) < 4.78 is 0.824. The van der Waals surface area contributed by atoms with E-state index in [2.05, 4.69) is 31.9 Å². The molecular formula is C22H32BrN3O5. The summed E-state index contributed by atoms with van der Waals surface area (Å²) in [5.74, 6) is -2.71. The number of rotatable bonds is 10. The smallest absolute Gasteiger partial charge is 0.329 e. The van der Waals surface area contributed by atoms with Gasteiger partial charge in [0, 0.05) is 10.0 Å². The van der Waals surface area contributed by atoms with E-state index in [1.165, 1.54) is 13.8 Å². The molecule has 0 saturated heterocycles. The fourth-order valence-corrected chi connectivity index (χ4v) is 2.87. The molecule has 0 spiro atoms. The van der Waals surface area contributed by atoms with Gasteiger partial charge in [-0.3, -0.25) is 14.4 Å². The Morgan fingerprint density at radius 3 is 1.55 bits per heavy atom. The number of nitrogens with one attached hydrogen (secondary N) is 3. The van der Waals surface area contributed by atoms with E-state index >= 15 is 0 Å². The summed E-state index contributed by atoms with van der Waals surface area (Å²) >= 11 is 3.31. The summed E-state index contributed by atoms with van der Waals surface area (Å²) in [6, 6.07) is 6.72. The maximum Gasteiger partial charge on any atom is 0.329 e. The van der Waals surface area contributed by atoms with Crippen molar-refractivity contribution in [1.29, 1.82) is 0 Å². The highest BCUT2D eigenvalue weighted by Crippen LogP contribution is 2.19. The van der Waals surface area contributed by atoms with Crippen LogP contribution in [0.15, 0.2) is 28.7 Å². The van der Waals surface area contributed by atoms with Crippen LogP contribution >= 0.6 is 15.9 Å². The second-order valence-corrected chi connectivity index (χ2v) is 9.15. The van der Waals surface area contributed by atoms with Gasteiger partial charge < -0.3 is 21.1 Å². The number of amides is 3. The summed E-state index contributed by atoms with van der Waals surface area (Å²) in [6.07, 6.45) is 0.687. The van der Waals surface area contributed by atoms with E-state index in [9.17, 15) is 24.3 Å². The largest absolute Gasteiger partial charge is 0.480 e. The molecule has 0 heterocycles. The van der Waals surface area contributed by atoms with Crippen LogP contribution in [0.2, 0.25) is 0 Å².